The zero-order valence-electron chi connectivity index (χ0n) is 16.3. The van der Waals surface area contributed by atoms with E-state index in [2.05, 4.69) is 0 Å². The van der Waals surface area contributed by atoms with Crippen LogP contribution in [-0.2, 0) is 4.79 Å². The molecule has 158 valence electrons. The quantitative estimate of drug-likeness (QED) is 0.445. The van der Waals surface area contributed by atoms with Gasteiger partial charge in [-0.25, -0.2) is 9.59 Å². The molecule has 0 aliphatic heterocycles. The standard InChI is InChI=1S/C22H20Cl2O6/c1-11-16(21(27)28)7-13(9-18(11)23)15(5-3-4-6-20(25)26)14-8-17(22(29)30)12(2)19(24)10-14/h5,7-10H,3-4,6H2,1-2H3,(H,25,26)(H,27,28)(H,29,30). The molecule has 0 radical (unpaired) electrons. The molecule has 0 fully saturated rings. The first-order valence-corrected chi connectivity index (χ1v) is 9.78. The monoisotopic (exact) mass is 450 g/mol. The van der Waals surface area contributed by atoms with Crippen LogP contribution in [0, 0.1) is 13.8 Å². The summed E-state index contributed by atoms with van der Waals surface area (Å²) in [4.78, 5) is 34.0. The van der Waals surface area contributed by atoms with Crippen molar-refractivity contribution < 1.29 is 29.7 Å². The first kappa shape index (κ1) is 23.4. The van der Waals surface area contributed by atoms with E-state index in [1.165, 1.54) is 12.1 Å². The van der Waals surface area contributed by atoms with Gasteiger partial charge in [-0.2, -0.15) is 0 Å². The van der Waals surface area contributed by atoms with Crippen molar-refractivity contribution in [3.05, 3.63) is 73.8 Å². The van der Waals surface area contributed by atoms with Gasteiger partial charge in [0.15, 0.2) is 0 Å². The summed E-state index contributed by atoms with van der Waals surface area (Å²) in [6.45, 7) is 3.19. The number of carbonyl (C=O) groups is 3. The third-order valence-electron chi connectivity index (χ3n) is 4.71. The van der Waals surface area contributed by atoms with Crippen LogP contribution in [0.15, 0.2) is 30.3 Å². The lowest BCUT2D eigenvalue weighted by Crippen LogP contribution is -2.04. The molecule has 0 unspecified atom stereocenters. The number of rotatable bonds is 8. The first-order chi connectivity index (χ1) is 14.0. The molecule has 0 atom stereocenters. The Morgan fingerprint density at radius 2 is 1.27 bits per heavy atom. The summed E-state index contributed by atoms with van der Waals surface area (Å²) in [7, 11) is 0. The topological polar surface area (TPSA) is 112 Å². The predicted octanol–water partition coefficient (Wildman–Crippen LogP) is 5.69. The summed E-state index contributed by atoms with van der Waals surface area (Å²) in [5, 5.41) is 28.3. The Balaban J connectivity index is 2.69. The molecule has 0 heterocycles. The molecule has 2 aromatic carbocycles. The van der Waals surface area contributed by atoms with Gasteiger partial charge < -0.3 is 15.3 Å². The highest BCUT2D eigenvalue weighted by Gasteiger charge is 2.18. The van der Waals surface area contributed by atoms with Crippen LogP contribution in [-0.4, -0.2) is 33.2 Å². The molecule has 0 aliphatic rings. The molecule has 2 rings (SSSR count). The summed E-state index contributed by atoms with van der Waals surface area (Å²) < 4.78 is 0. The van der Waals surface area contributed by atoms with Crippen molar-refractivity contribution in [1.29, 1.82) is 0 Å². The van der Waals surface area contributed by atoms with Crippen LogP contribution in [0.25, 0.3) is 5.57 Å². The van der Waals surface area contributed by atoms with Crippen LogP contribution >= 0.6 is 23.2 Å². The highest BCUT2D eigenvalue weighted by molar-refractivity contribution is 6.32. The number of aliphatic carboxylic acids is 1. The van der Waals surface area contributed by atoms with Gasteiger partial charge in [-0.15, -0.1) is 0 Å². The Morgan fingerprint density at radius 1 is 0.833 bits per heavy atom. The van der Waals surface area contributed by atoms with E-state index in [-0.39, 0.29) is 27.6 Å². The first-order valence-electron chi connectivity index (χ1n) is 9.02. The number of carboxylic acids is 3. The Bertz CT molecular complexity index is 985. The largest absolute Gasteiger partial charge is 0.481 e. The fourth-order valence-corrected chi connectivity index (χ4v) is 3.45. The average molecular weight is 451 g/mol. The number of unbranched alkanes of at least 4 members (excludes halogenated alkanes) is 1. The molecule has 0 amide bonds. The molecule has 6 nitrogen and oxygen atoms in total. The van der Waals surface area contributed by atoms with Gasteiger partial charge in [-0.3, -0.25) is 4.79 Å². The Hall–Kier alpha value is -2.83. The van der Waals surface area contributed by atoms with Gasteiger partial charge in [0.1, 0.15) is 0 Å². The van der Waals surface area contributed by atoms with Crippen molar-refractivity contribution in [3.8, 4) is 0 Å². The second-order valence-corrected chi connectivity index (χ2v) is 7.59. The van der Waals surface area contributed by atoms with Crippen molar-refractivity contribution >= 4 is 46.7 Å². The molecule has 0 aromatic heterocycles. The molecule has 0 spiro atoms. The van der Waals surface area contributed by atoms with Crippen molar-refractivity contribution in [1.82, 2.24) is 0 Å². The Kier molecular flexibility index (Phi) is 7.65. The summed E-state index contributed by atoms with van der Waals surface area (Å²) in [6.07, 6.45) is 2.44. The van der Waals surface area contributed by atoms with E-state index >= 15 is 0 Å². The maximum absolute atomic E-state index is 11.6. The summed E-state index contributed by atoms with van der Waals surface area (Å²) in [5.74, 6) is -3.22. The summed E-state index contributed by atoms with van der Waals surface area (Å²) >= 11 is 12.5. The van der Waals surface area contributed by atoms with Gasteiger partial charge in [0.25, 0.3) is 0 Å². The molecule has 0 saturated carbocycles. The second-order valence-electron chi connectivity index (χ2n) is 6.78. The Labute approximate surface area is 183 Å². The molecular weight excluding hydrogens is 431 g/mol. The van der Waals surface area contributed by atoms with Crippen LogP contribution in [0.2, 0.25) is 10.0 Å². The van der Waals surface area contributed by atoms with Crippen molar-refractivity contribution in [2.45, 2.75) is 33.1 Å². The van der Waals surface area contributed by atoms with Gasteiger partial charge in [0.2, 0.25) is 0 Å². The van der Waals surface area contributed by atoms with Crippen LogP contribution in [0.4, 0.5) is 0 Å². The second kappa shape index (κ2) is 9.78. The minimum atomic E-state index is -1.14. The lowest BCUT2D eigenvalue weighted by Gasteiger charge is -2.15. The lowest BCUT2D eigenvalue weighted by molar-refractivity contribution is -0.137. The van der Waals surface area contributed by atoms with Crippen molar-refractivity contribution in [2.24, 2.45) is 0 Å². The predicted molar refractivity (Wildman–Crippen MR) is 115 cm³/mol. The van der Waals surface area contributed by atoms with E-state index in [1.54, 1.807) is 32.1 Å². The molecule has 8 heteroatoms. The summed E-state index contributed by atoms with van der Waals surface area (Å²) in [6, 6.07) is 6.11. The molecule has 0 aliphatic carbocycles. The minimum absolute atomic E-state index is 0.0191. The molecule has 0 bridgehead atoms. The van der Waals surface area contributed by atoms with E-state index < -0.39 is 17.9 Å². The fraction of sp³-hybridized carbons (Fsp3) is 0.227. The summed E-state index contributed by atoms with van der Waals surface area (Å²) in [5.41, 5.74) is 2.31. The zero-order valence-corrected chi connectivity index (χ0v) is 17.8. The van der Waals surface area contributed by atoms with Crippen molar-refractivity contribution in [3.63, 3.8) is 0 Å². The third kappa shape index (κ3) is 5.40. The number of halogens is 2. The average Bonchev–Trinajstić information content (AvgIpc) is 2.65. The highest BCUT2D eigenvalue weighted by atomic mass is 35.5. The molecule has 0 saturated heterocycles. The SMILES string of the molecule is Cc1c(Cl)cc(C(=CCCCC(=O)O)c2cc(Cl)c(C)c(C(=O)O)c2)cc1C(=O)O. The number of hydrogen-bond donors (Lipinski definition) is 3. The smallest absolute Gasteiger partial charge is 0.336 e. The fourth-order valence-electron chi connectivity index (χ4n) is 3.02. The van der Waals surface area contributed by atoms with Crippen LogP contribution < -0.4 is 0 Å². The molecule has 3 N–H and O–H groups in total. The van der Waals surface area contributed by atoms with E-state index in [0.717, 1.165) is 0 Å². The Morgan fingerprint density at radius 3 is 1.63 bits per heavy atom. The maximum Gasteiger partial charge on any atom is 0.336 e. The normalized spacial score (nSPS) is 10.5. The van der Waals surface area contributed by atoms with E-state index in [1.807, 2.05) is 0 Å². The number of benzene rings is 2. The van der Waals surface area contributed by atoms with Crippen LogP contribution in [0.3, 0.4) is 0 Å². The third-order valence-corrected chi connectivity index (χ3v) is 5.50. The van der Waals surface area contributed by atoms with Crippen LogP contribution in [0.1, 0.15) is 62.2 Å². The van der Waals surface area contributed by atoms with E-state index in [0.29, 0.717) is 40.7 Å². The maximum atomic E-state index is 11.6. The molecule has 2 aromatic rings. The number of aromatic carboxylic acids is 2. The zero-order chi connectivity index (χ0) is 22.6. The van der Waals surface area contributed by atoms with E-state index in [9.17, 15) is 24.6 Å². The van der Waals surface area contributed by atoms with Gasteiger partial charge in [0.05, 0.1) is 11.1 Å². The number of carboxylic acid groups (broad SMARTS) is 3. The van der Waals surface area contributed by atoms with Gasteiger partial charge in [-0.1, -0.05) is 29.3 Å². The highest BCUT2D eigenvalue weighted by Crippen LogP contribution is 2.33. The van der Waals surface area contributed by atoms with Gasteiger partial charge >= 0.3 is 17.9 Å². The van der Waals surface area contributed by atoms with Crippen molar-refractivity contribution in [2.75, 3.05) is 0 Å². The number of allylic oxidation sites excluding steroid dienone is 1. The molecular formula is C22H20Cl2O6. The minimum Gasteiger partial charge on any atom is -0.481 e. The number of hydrogen-bond acceptors (Lipinski definition) is 3. The van der Waals surface area contributed by atoms with Gasteiger partial charge in [0, 0.05) is 16.5 Å². The molecule has 30 heavy (non-hydrogen) atoms. The lowest BCUT2D eigenvalue weighted by atomic mass is 9.91. The van der Waals surface area contributed by atoms with Crippen LogP contribution in [0.5, 0.6) is 0 Å². The van der Waals surface area contributed by atoms with Gasteiger partial charge in [-0.05, 0) is 78.8 Å². The van der Waals surface area contributed by atoms with E-state index in [4.69, 9.17) is 28.3 Å².